The number of ketones is 2. The summed E-state index contributed by atoms with van der Waals surface area (Å²) in [6.45, 7) is 4.11. The number of hydrogen-bond donors (Lipinski definition) is 2. The normalized spacial score (nSPS) is 8.57. The Balaban J connectivity index is 0. The lowest BCUT2D eigenvalue weighted by molar-refractivity contribution is -0.150. The molecular formula is C8H12O6. The largest absolute Gasteiger partial charge is 0.476 e. The minimum Gasteiger partial charge on any atom is -0.476 e. The number of aliphatic carboxylic acids is 2. The van der Waals surface area contributed by atoms with E-state index in [9.17, 15) is 19.2 Å². The highest BCUT2D eigenvalue weighted by atomic mass is 16.4. The van der Waals surface area contributed by atoms with Crippen LogP contribution in [0.3, 0.4) is 0 Å². The number of carboxylic acid groups (broad SMARTS) is 2. The molecular weight excluding hydrogens is 192 g/mol. The van der Waals surface area contributed by atoms with Crippen LogP contribution >= 0.6 is 0 Å². The number of rotatable bonds is 3. The minimum absolute atomic E-state index is 0.396. The van der Waals surface area contributed by atoms with E-state index in [1.54, 1.807) is 13.8 Å². The average molecular weight is 204 g/mol. The maximum Gasteiger partial charge on any atom is 0.372 e. The molecule has 0 aliphatic heterocycles. The second kappa shape index (κ2) is 6.76. The Kier molecular flexibility index (Phi) is 7.14. The van der Waals surface area contributed by atoms with Crippen molar-refractivity contribution >= 4 is 23.5 Å². The Labute approximate surface area is 80.5 Å². The van der Waals surface area contributed by atoms with Crippen molar-refractivity contribution in [2.45, 2.75) is 20.8 Å². The monoisotopic (exact) mass is 204 g/mol. The zero-order valence-corrected chi connectivity index (χ0v) is 8.10. The van der Waals surface area contributed by atoms with Crippen molar-refractivity contribution in [3.05, 3.63) is 0 Å². The van der Waals surface area contributed by atoms with Crippen LogP contribution in [0, 0.1) is 5.92 Å². The van der Waals surface area contributed by atoms with E-state index in [2.05, 4.69) is 0 Å². The van der Waals surface area contributed by atoms with Gasteiger partial charge >= 0.3 is 11.9 Å². The predicted molar refractivity (Wildman–Crippen MR) is 45.8 cm³/mol. The van der Waals surface area contributed by atoms with Crippen LogP contribution in [0.5, 0.6) is 0 Å². The summed E-state index contributed by atoms with van der Waals surface area (Å²) in [7, 11) is 0. The second-order valence-corrected chi connectivity index (χ2v) is 2.69. The van der Waals surface area contributed by atoms with Crippen molar-refractivity contribution in [3.63, 3.8) is 0 Å². The molecule has 0 fully saturated rings. The van der Waals surface area contributed by atoms with Crippen molar-refractivity contribution in [1.82, 2.24) is 0 Å². The molecule has 0 rings (SSSR count). The molecule has 6 heteroatoms. The first-order chi connectivity index (χ1) is 6.20. The smallest absolute Gasteiger partial charge is 0.372 e. The third-order valence-electron chi connectivity index (χ3n) is 1.04. The molecule has 0 amide bonds. The van der Waals surface area contributed by atoms with E-state index >= 15 is 0 Å². The molecule has 0 heterocycles. The highest BCUT2D eigenvalue weighted by molar-refractivity contribution is 6.33. The van der Waals surface area contributed by atoms with Crippen LogP contribution in [0.2, 0.25) is 0 Å². The van der Waals surface area contributed by atoms with Gasteiger partial charge in [0.15, 0.2) is 0 Å². The molecule has 6 nitrogen and oxygen atoms in total. The van der Waals surface area contributed by atoms with Gasteiger partial charge in [-0.3, -0.25) is 9.59 Å². The van der Waals surface area contributed by atoms with Gasteiger partial charge in [-0.1, -0.05) is 13.8 Å². The van der Waals surface area contributed by atoms with Gasteiger partial charge in [-0.2, -0.15) is 0 Å². The topological polar surface area (TPSA) is 109 Å². The first kappa shape index (κ1) is 14.8. The van der Waals surface area contributed by atoms with Crippen molar-refractivity contribution in [2.24, 2.45) is 5.92 Å². The van der Waals surface area contributed by atoms with Crippen LogP contribution in [0.15, 0.2) is 0 Å². The summed E-state index contributed by atoms with van der Waals surface area (Å²) in [6.07, 6.45) is 0. The maximum absolute atomic E-state index is 10.2. The van der Waals surface area contributed by atoms with Gasteiger partial charge in [-0.25, -0.2) is 9.59 Å². The van der Waals surface area contributed by atoms with Gasteiger partial charge < -0.3 is 10.2 Å². The Morgan fingerprint density at radius 1 is 0.929 bits per heavy atom. The second-order valence-electron chi connectivity index (χ2n) is 2.69. The third-order valence-corrected chi connectivity index (χ3v) is 1.04. The molecule has 0 bridgehead atoms. The minimum atomic E-state index is -1.38. The van der Waals surface area contributed by atoms with Gasteiger partial charge in [0.05, 0.1) is 0 Å². The van der Waals surface area contributed by atoms with Crippen molar-refractivity contribution in [2.75, 3.05) is 0 Å². The SMILES string of the molecule is CC(=O)C(=O)O.CC(C)C(=O)C(=O)O. The Morgan fingerprint density at radius 3 is 1.21 bits per heavy atom. The van der Waals surface area contributed by atoms with E-state index < -0.39 is 29.4 Å². The lowest BCUT2D eigenvalue weighted by Gasteiger charge is -1.93. The summed E-state index contributed by atoms with van der Waals surface area (Å²) in [6, 6.07) is 0. The number of hydrogen-bond acceptors (Lipinski definition) is 4. The van der Waals surface area contributed by atoms with Crippen molar-refractivity contribution < 1.29 is 29.4 Å². The summed E-state index contributed by atoms with van der Waals surface area (Å²) in [4.78, 5) is 38.9. The van der Waals surface area contributed by atoms with E-state index in [-0.39, 0.29) is 0 Å². The predicted octanol–water partition coefficient (Wildman–Crippen LogP) is -0.0439. The molecule has 14 heavy (non-hydrogen) atoms. The van der Waals surface area contributed by atoms with Crippen LogP contribution in [-0.2, 0) is 19.2 Å². The fourth-order valence-electron chi connectivity index (χ4n) is 0.247. The van der Waals surface area contributed by atoms with Gasteiger partial charge in [0.25, 0.3) is 0 Å². The number of carbonyl (C=O) groups is 4. The number of carboxylic acids is 2. The lowest BCUT2D eigenvalue weighted by Crippen LogP contribution is -2.18. The Hall–Kier alpha value is -1.72. The van der Waals surface area contributed by atoms with Crippen LogP contribution in [-0.4, -0.2) is 33.7 Å². The summed E-state index contributed by atoms with van der Waals surface area (Å²) < 4.78 is 0. The van der Waals surface area contributed by atoms with Gasteiger partial charge in [0.1, 0.15) is 0 Å². The molecule has 80 valence electrons. The number of carbonyl (C=O) groups excluding carboxylic acids is 2. The van der Waals surface area contributed by atoms with Crippen LogP contribution < -0.4 is 0 Å². The average Bonchev–Trinajstić information content (AvgIpc) is 2.03. The van der Waals surface area contributed by atoms with Crippen LogP contribution in [0.4, 0.5) is 0 Å². The molecule has 0 aliphatic carbocycles. The first-order valence-corrected chi connectivity index (χ1v) is 3.71. The molecule has 0 aromatic carbocycles. The van der Waals surface area contributed by atoms with Gasteiger partial charge in [0.2, 0.25) is 11.6 Å². The van der Waals surface area contributed by atoms with E-state index in [4.69, 9.17) is 10.2 Å². The maximum atomic E-state index is 10.2. The molecule has 0 radical (unpaired) electrons. The van der Waals surface area contributed by atoms with Gasteiger partial charge in [0, 0.05) is 12.8 Å². The van der Waals surface area contributed by atoms with Crippen LogP contribution in [0.1, 0.15) is 20.8 Å². The number of Topliss-reactive ketones (excluding diaryl/α,β-unsaturated/α-hetero) is 2. The van der Waals surface area contributed by atoms with Gasteiger partial charge in [-0.15, -0.1) is 0 Å². The molecule has 0 aromatic rings. The van der Waals surface area contributed by atoms with E-state index in [1.807, 2.05) is 0 Å². The summed E-state index contributed by atoms with van der Waals surface area (Å²) >= 11 is 0. The quantitative estimate of drug-likeness (QED) is 0.624. The van der Waals surface area contributed by atoms with Crippen molar-refractivity contribution in [1.29, 1.82) is 0 Å². The first-order valence-electron chi connectivity index (χ1n) is 3.71. The summed E-state index contributed by atoms with van der Waals surface area (Å²) in [5, 5.41) is 15.6. The Morgan fingerprint density at radius 2 is 1.21 bits per heavy atom. The fourth-order valence-corrected chi connectivity index (χ4v) is 0.247. The summed E-state index contributed by atoms with van der Waals surface area (Å²) in [5.74, 6) is -4.68. The molecule has 0 saturated heterocycles. The Bertz CT molecular complexity index is 241. The highest BCUT2D eigenvalue weighted by Gasteiger charge is 2.14. The molecule has 0 aliphatic rings. The molecule has 2 N–H and O–H groups in total. The summed E-state index contributed by atoms with van der Waals surface area (Å²) in [5.41, 5.74) is 0. The molecule has 0 saturated carbocycles. The molecule has 0 unspecified atom stereocenters. The zero-order chi connectivity index (χ0) is 11.9. The highest BCUT2D eigenvalue weighted by Crippen LogP contribution is 1.92. The van der Waals surface area contributed by atoms with E-state index in [0.717, 1.165) is 6.92 Å². The molecule has 0 aromatic heterocycles. The zero-order valence-electron chi connectivity index (χ0n) is 8.10. The van der Waals surface area contributed by atoms with E-state index in [1.165, 1.54) is 0 Å². The molecule has 0 spiro atoms. The third kappa shape index (κ3) is 8.38. The van der Waals surface area contributed by atoms with E-state index in [0.29, 0.717) is 0 Å². The van der Waals surface area contributed by atoms with Gasteiger partial charge in [-0.05, 0) is 0 Å². The van der Waals surface area contributed by atoms with Crippen LogP contribution in [0.25, 0.3) is 0 Å². The fraction of sp³-hybridized carbons (Fsp3) is 0.500. The molecule has 0 atom stereocenters. The standard InChI is InChI=1S/C5H8O3.C3H4O3/c1-3(2)4(6)5(7)8;1-2(4)3(5)6/h3H,1-2H3,(H,7,8);1H3,(H,5,6). The lowest BCUT2D eigenvalue weighted by atomic mass is 10.1. The van der Waals surface area contributed by atoms with Crippen molar-refractivity contribution in [3.8, 4) is 0 Å².